The maximum absolute atomic E-state index is 12.5. The van der Waals surface area contributed by atoms with Crippen LogP contribution in [0.5, 0.6) is 0 Å². The second-order valence-corrected chi connectivity index (χ2v) is 8.67. The first-order chi connectivity index (χ1) is 11.3. The quantitative estimate of drug-likeness (QED) is 0.424. The molecule has 0 spiro atoms. The highest BCUT2D eigenvalue weighted by molar-refractivity contribution is 9.11. The van der Waals surface area contributed by atoms with E-state index in [1.807, 2.05) is 0 Å². The van der Waals surface area contributed by atoms with Crippen LogP contribution >= 0.6 is 31.9 Å². The lowest BCUT2D eigenvalue weighted by Crippen LogP contribution is -2.07. The molecule has 0 radical (unpaired) electrons. The molecule has 0 saturated carbocycles. The van der Waals surface area contributed by atoms with Crippen LogP contribution in [0.15, 0.2) is 56.4 Å². The summed E-state index contributed by atoms with van der Waals surface area (Å²) in [5.74, 6) is -0.925. The molecule has 3 rings (SSSR count). The zero-order valence-electron chi connectivity index (χ0n) is 11.9. The average Bonchev–Trinajstić information content (AvgIpc) is 2.86. The van der Waals surface area contributed by atoms with Crippen molar-refractivity contribution < 1.29 is 13.3 Å². The molecule has 0 saturated heterocycles. The molecule has 0 aliphatic rings. The van der Waals surface area contributed by atoms with Gasteiger partial charge in [-0.25, -0.2) is 13.4 Å². The lowest BCUT2D eigenvalue weighted by Gasteiger charge is -2.02. The Bertz CT molecular complexity index is 1050. The number of fused-ring (bicyclic) bond motifs is 1. The van der Waals surface area contributed by atoms with E-state index in [0.717, 1.165) is 0 Å². The number of imidazole rings is 1. The molecule has 0 bridgehead atoms. The van der Waals surface area contributed by atoms with E-state index in [1.54, 1.807) is 24.3 Å². The van der Waals surface area contributed by atoms with E-state index in [1.165, 1.54) is 22.7 Å². The molecule has 0 aliphatic heterocycles. The van der Waals surface area contributed by atoms with E-state index in [-0.39, 0.29) is 22.1 Å². The molecule has 10 heteroatoms. The molecule has 0 aliphatic carbocycles. The van der Waals surface area contributed by atoms with E-state index in [9.17, 15) is 18.5 Å². The Balaban J connectivity index is 2.18. The number of nitro groups is 1. The molecule has 0 amide bonds. The molecule has 24 heavy (non-hydrogen) atoms. The van der Waals surface area contributed by atoms with Gasteiger partial charge in [-0.1, -0.05) is 18.2 Å². The fourth-order valence-corrected chi connectivity index (χ4v) is 4.85. The van der Waals surface area contributed by atoms with Gasteiger partial charge >= 0.3 is 5.82 Å². The highest BCUT2D eigenvalue weighted by Gasteiger charge is 2.29. The predicted octanol–water partition coefficient (Wildman–Crippen LogP) is 3.74. The highest BCUT2D eigenvalue weighted by atomic mass is 79.9. The van der Waals surface area contributed by atoms with Crippen molar-refractivity contribution in [1.29, 1.82) is 0 Å². The summed E-state index contributed by atoms with van der Waals surface area (Å²) >= 11 is 6.54. The van der Waals surface area contributed by atoms with E-state index >= 15 is 0 Å². The Morgan fingerprint density at radius 1 is 1.21 bits per heavy atom. The Morgan fingerprint density at radius 3 is 2.50 bits per heavy atom. The Hall–Kier alpha value is -1.78. The van der Waals surface area contributed by atoms with Gasteiger partial charge in [0, 0.05) is 0 Å². The third-order valence-corrected chi connectivity index (χ3v) is 5.95. The van der Waals surface area contributed by atoms with Crippen LogP contribution < -0.4 is 0 Å². The minimum atomic E-state index is -3.75. The number of sulfone groups is 1. The maximum Gasteiger partial charge on any atom is 0.352 e. The lowest BCUT2D eigenvalue weighted by molar-refractivity contribution is -0.391. The number of rotatable bonds is 4. The third kappa shape index (κ3) is 3.08. The Kier molecular flexibility index (Phi) is 4.45. The lowest BCUT2D eigenvalue weighted by atomic mass is 10.4. The van der Waals surface area contributed by atoms with Gasteiger partial charge in [-0.15, -0.1) is 0 Å². The first-order valence-electron chi connectivity index (χ1n) is 6.58. The molecule has 2 heterocycles. The highest BCUT2D eigenvalue weighted by Crippen LogP contribution is 2.30. The molecule has 124 valence electrons. The minimum Gasteiger partial charge on any atom is -0.358 e. The van der Waals surface area contributed by atoms with E-state index in [2.05, 4.69) is 36.8 Å². The number of benzene rings is 1. The molecule has 1 aromatic carbocycles. The van der Waals surface area contributed by atoms with Crippen LogP contribution in [-0.4, -0.2) is 22.7 Å². The summed E-state index contributed by atoms with van der Waals surface area (Å²) in [5, 5.41) is 11.5. The van der Waals surface area contributed by atoms with Crippen molar-refractivity contribution in [3.05, 3.63) is 67.3 Å². The largest absolute Gasteiger partial charge is 0.358 e. The summed E-state index contributed by atoms with van der Waals surface area (Å²) in [6.45, 7) is 0. The van der Waals surface area contributed by atoms with Crippen molar-refractivity contribution >= 4 is 53.2 Å². The number of aromatic nitrogens is 2. The normalized spacial score (nSPS) is 11.8. The fourth-order valence-electron chi connectivity index (χ4n) is 2.29. The molecular formula is C14H9Br2N3O4S. The summed E-state index contributed by atoms with van der Waals surface area (Å²) < 4.78 is 27.4. The molecule has 3 aromatic rings. The van der Waals surface area contributed by atoms with E-state index in [4.69, 9.17) is 0 Å². The number of nitrogens with zero attached hydrogens (tertiary/aromatic N) is 3. The predicted molar refractivity (Wildman–Crippen MR) is 94.6 cm³/mol. The summed E-state index contributed by atoms with van der Waals surface area (Å²) in [7, 11) is -3.75. The molecule has 0 fully saturated rings. The Morgan fingerprint density at radius 2 is 1.88 bits per heavy atom. The van der Waals surface area contributed by atoms with Crippen LogP contribution in [0.2, 0.25) is 0 Å². The number of halogens is 2. The maximum atomic E-state index is 12.5. The number of pyridine rings is 1. The van der Waals surface area contributed by atoms with Crippen LogP contribution in [0.3, 0.4) is 0 Å². The summed E-state index contributed by atoms with van der Waals surface area (Å²) in [4.78, 5) is 15.1. The van der Waals surface area contributed by atoms with Crippen LogP contribution in [0, 0.1) is 10.1 Å². The molecular weight excluding hydrogens is 466 g/mol. The molecule has 0 unspecified atom stereocenters. The first kappa shape index (κ1) is 17.1. The van der Waals surface area contributed by atoms with Gasteiger partial charge < -0.3 is 10.1 Å². The van der Waals surface area contributed by atoms with Crippen LogP contribution in [0.1, 0.15) is 5.69 Å². The zero-order chi connectivity index (χ0) is 17.5. The van der Waals surface area contributed by atoms with Crippen molar-refractivity contribution in [2.75, 3.05) is 0 Å². The number of hydrogen-bond donors (Lipinski definition) is 0. The summed E-state index contributed by atoms with van der Waals surface area (Å²) in [5.41, 5.74) is 0.172. The summed E-state index contributed by atoms with van der Waals surface area (Å²) in [6, 6.07) is 9.47. The zero-order valence-corrected chi connectivity index (χ0v) is 15.9. The second-order valence-electron chi connectivity index (χ2n) is 4.91. The van der Waals surface area contributed by atoms with Crippen LogP contribution in [-0.2, 0) is 15.6 Å². The monoisotopic (exact) mass is 473 g/mol. The summed E-state index contributed by atoms with van der Waals surface area (Å²) in [6.07, 6.45) is 1.48. The SMILES string of the molecule is O=[N+]([O-])c1c(CS(=O)(=O)c2ccccc2)nc2c(Br)cc(Br)cn12. The third-order valence-electron chi connectivity index (χ3n) is 3.29. The van der Waals surface area contributed by atoms with Gasteiger partial charge in [0.2, 0.25) is 5.65 Å². The van der Waals surface area contributed by atoms with Gasteiger partial charge in [-0.2, -0.15) is 4.40 Å². The van der Waals surface area contributed by atoms with Gasteiger partial charge in [0.15, 0.2) is 15.5 Å². The standard InChI is InChI=1S/C14H9Br2N3O4S/c15-9-6-11(16)13-17-12(14(19(20)21)18(13)7-9)8-24(22,23)10-4-2-1-3-5-10/h1-7H,8H2. The van der Waals surface area contributed by atoms with Crippen molar-refractivity contribution in [1.82, 2.24) is 9.38 Å². The van der Waals surface area contributed by atoms with Crippen molar-refractivity contribution in [3.8, 4) is 0 Å². The molecule has 7 nitrogen and oxygen atoms in total. The molecule has 0 atom stereocenters. The molecule has 2 aromatic heterocycles. The van der Waals surface area contributed by atoms with Gasteiger partial charge in [0.1, 0.15) is 11.9 Å². The molecule has 0 N–H and O–H groups in total. The van der Waals surface area contributed by atoms with E-state index < -0.39 is 20.5 Å². The fraction of sp³-hybridized carbons (Fsp3) is 0.0714. The van der Waals surface area contributed by atoms with Crippen LogP contribution in [0.4, 0.5) is 5.82 Å². The van der Waals surface area contributed by atoms with Gasteiger partial charge in [0.05, 0.1) is 13.8 Å². The van der Waals surface area contributed by atoms with Crippen molar-refractivity contribution in [2.24, 2.45) is 0 Å². The van der Waals surface area contributed by atoms with Crippen molar-refractivity contribution in [2.45, 2.75) is 10.6 Å². The smallest absolute Gasteiger partial charge is 0.352 e. The van der Waals surface area contributed by atoms with Crippen molar-refractivity contribution in [3.63, 3.8) is 0 Å². The van der Waals surface area contributed by atoms with E-state index in [0.29, 0.717) is 8.95 Å². The topological polar surface area (TPSA) is 94.6 Å². The second kappa shape index (κ2) is 6.26. The van der Waals surface area contributed by atoms with Gasteiger partial charge in [0.25, 0.3) is 0 Å². The average molecular weight is 475 g/mol. The van der Waals surface area contributed by atoms with Gasteiger partial charge in [-0.3, -0.25) is 0 Å². The Labute approximate surface area is 153 Å². The first-order valence-corrected chi connectivity index (χ1v) is 9.81. The minimum absolute atomic E-state index is 0.0941. The van der Waals surface area contributed by atoms with Crippen LogP contribution in [0.25, 0.3) is 5.65 Å². The van der Waals surface area contributed by atoms with Gasteiger partial charge in [-0.05, 0) is 55.0 Å². The number of hydrogen-bond acceptors (Lipinski definition) is 5.